The average Bonchev–Trinajstić information content (AvgIpc) is 3.24. The third-order valence-corrected chi connectivity index (χ3v) is 4.90. The number of carbonyl (C=O) groups is 3. The molecular formula is C21H20FN5O3. The summed E-state index contributed by atoms with van der Waals surface area (Å²) < 4.78 is 13.1. The van der Waals surface area contributed by atoms with E-state index in [9.17, 15) is 18.8 Å². The minimum absolute atomic E-state index is 0.0785. The molecule has 0 bridgehead atoms. The van der Waals surface area contributed by atoms with Crippen LogP contribution >= 0.6 is 0 Å². The van der Waals surface area contributed by atoms with E-state index < -0.39 is 0 Å². The summed E-state index contributed by atoms with van der Waals surface area (Å²) in [5.41, 5.74) is 2.83. The second-order valence-corrected chi connectivity index (χ2v) is 7.16. The maximum absolute atomic E-state index is 13.1. The predicted octanol–water partition coefficient (Wildman–Crippen LogP) is 2.98. The number of hydrogen-bond donors (Lipinski definition) is 2. The zero-order valence-electron chi connectivity index (χ0n) is 16.3. The Hall–Kier alpha value is -3.75. The van der Waals surface area contributed by atoms with Gasteiger partial charge in [0.1, 0.15) is 18.2 Å². The molecule has 2 N–H and O–H groups in total. The minimum Gasteiger partial charge on any atom is -0.338 e. The van der Waals surface area contributed by atoms with Gasteiger partial charge < -0.3 is 15.2 Å². The zero-order chi connectivity index (χ0) is 21.3. The number of nitrogens with one attached hydrogen (secondary N) is 2. The number of benzene rings is 2. The van der Waals surface area contributed by atoms with Crippen LogP contribution < -0.4 is 5.32 Å². The highest BCUT2D eigenvalue weighted by Crippen LogP contribution is 2.23. The minimum atomic E-state index is -0.331. The molecule has 1 aliphatic rings. The molecule has 1 aliphatic heterocycles. The van der Waals surface area contributed by atoms with Crippen LogP contribution in [0.2, 0.25) is 0 Å². The van der Waals surface area contributed by atoms with Crippen molar-refractivity contribution >= 4 is 34.6 Å². The third kappa shape index (κ3) is 4.00. The molecule has 0 saturated carbocycles. The number of likely N-dealkylation sites (N-methyl/N-ethyl adjacent to an activating group) is 1. The maximum Gasteiger partial charge on any atom is 0.326 e. The monoisotopic (exact) mass is 409 g/mol. The van der Waals surface area contributed by atoms with Gasteiger partial charge in [0.15, 0.2) is 0 Å². The number of aromatic amines is 1. The first-order chi connectivity index (χ1) is 14.4. The van der Waals surface area contributed by atoms with E-state index in [1.807, 2.05) is 0 Å². The van der Waals surface area contributed by atoms with Crippen molar-refractivity contribution < 1.29 is 18.8 Å². The number of amides is 4. The largest absolute Gasteiger partial charge is 0.338 e. The molecule has 2 heterocycles. The number of urea groups is 1. The molecule has 0 radical (unpaired) electrons. The van der Waals surface area contributed by atoms with Gasteiger partial charge in [-0.2, -0.15) is 0 Å². The quantitative estimate of drug-likeness (QED) is 0.612. The smallest absolute Gasteiger partial charge is 0.326 e. The molecule has 3 aromatic rings. The van der Waals surface area contributed by atoms with Crippen LogP contribution in [0.4, 0.5) is 14.9 Å². The molecule has 4 rings (SSSR count). The van der Waals surface area contributed by atoms with E-state index in [4.69, 9.17) is 0 Å². The number of imidazole rings is 1. The summed E-state index contributed by atoms with van der Waals surface area (Å²) in [6, 6.07) is 11.0. The van der Waals surface area contributed by atoms with Crippen molar-refractivity contribution in [2.24, 2.45) is 0 Å². The van der Waals surface area contributed by atoms with Crippen LogP contribution in [0.5, 0.6) is 0 Å². The molecule has 1 fully saturated rings. The van der Waals surface area contributed by atoms with Gasteiger partial charge in [0.25, 0.3) is 0 Å². The molecule has 1 saturated heterocycles. The van der Waals surface area contributed by atoms with Gasteiger partial charge in [-0.25, -0.2) is 14.2 Å². The maximum atomic E-state index is 13.1. The van der Waals surface area contributed by atoms with E-state index in [0.29, 0.717) is 17.9 Å². The summed E-state index contributed by atoms with van der Waals surface area (Å²) in [7, 11) is 1.57. The summed E-state index contributed by atoms with van der Waals surface area (Å²) >= 11 is 0. The number of fused-ring (bicyclic) bond motifs is 1. The van der Waals surface area contributed by atoms with Crippen molar-refractivity contribution in [3.63, 3.8) is 0 Å². The summed E-state index contributed by atoms with van der Waals surface area (Å²) in [4.78, 5) is 46.0. The Kier molecular flexibility index (Phi) is 5.18. The van der Waals surface area contributed by atoms with Crippen molar-refractivity contribution in [3.05, 3.63) is 48.3 Å². The molecule has 2 aromatic carbocycles. The Morgan fingerprint density at radius 2 is 1.97 bits per heavy atom. The zero-order valence-corrected chi connectivity index (χ0v) is 16.3. The summed E-state index contributed by atoms with van der Waals surface area (Å²) in [5, 5.41) is 2.81. The first kappa shape index (κ1) is 19.6. The number of anilines is 1. The molecule has 154 valence electrons. The van der Waals surface area contributed by atoms with Crippen LogP contribution in [-0.2, 0) is 9.59 Å². The van der Waals surface area contributed by atoms with Crippen LogP contribution in [0.3, 0.4) is 0 Å². The van der Waals surface area contributed by atoms with Crippen LogP contribution in [0.1, 0.15) is 12.8 Å². The molecule has 0 spiro atoms. The van der Waals surface area contributed by atoms with Crippen LogP contribution in [0, 0.1) is 5.82 Å². The van der Waals surface area contributed by atoms with E-state index in [0.717, 1.165) is 16.6 Å². The van der Waals surface area contributed by atoms with Crippen LogP contribution in [-0.4, -0.2) is 57.8 Å². The highest BCUT2D eigenvalue weighted by atomic mass is 19.1. The third-order valence-electron chi connectivity index (χ3n) is 4.90. The van der Waals surface area contributed by atoms with Crippen molar-refractivity contribution in [2.45, 2.75) is 12.8 Å². The second kappa shape index (κ2) is 7.94. The number of halogens is 1. The summed E-state index contributed by atoms with van der Waals surface area (Å²) in [6.45, 7) is 0.297. The highest BCUT2D eigenvalue weighted by Gasteiger charge is 2.32. The van der Waals surface area contributed by atoms with Gasteiger partial charge in [-0.05, 0) is 48.9 Å². The lowest BCUT2D eigenvalue weighted by Crippen LogP contribution is -2.32. The fourth-order valence-electron chi connectivity index (χ4n) is 3.34. The summed E-state index contributed by atoms with van der Waals surface area (Å²) in [6.07, 6.45) is 0.570. The SMILES string of the molecule is CN1CC(=O)N(CCCC(=O)Nc2ccc3nc(-c4ccc(F)cc4)[nH]c3c2)C1=O. The molecule has 0 aliphatic carbocycles. The van der Waals surface area contributed by atoms with E-state index in [1.165, 1.54) is 21.9 Å². The average molecular weight is 409 g/mol. The lowest BCUT2D eigenvalue weighted by Gasteiger charge is -2.13. The number of hydrogen-bond acceptors (Lipinski definition) is 4. The Morgan fingerprint density at radius 3 is 2.67 bits per heavy atom. The number of rotatable bonds is 6. The van der Waals surface area contributed by atoms with E-state index >= 15 is 0 Å². The Labute approximate surface area is 171 Å². The predicted molar refractivity (Wildman–Crippen MR) is 109 cm³/mol. The van der Waals surface area contributed by atoms with Gasteiger partial charge >= 0.3 is 6.03 Å². The normalized spacial score (nSPS) is 14.1. The van der Waals surface area contributed by atoms with Crippen molar-refractivity contribution in [1.82, 2.24) is 19.8 Å². The van der Waals surface area contributed by atoms with E-state index in [2.05, 4.69) is 15.3 Å². The molecular weight excluding hydrogens is 389 g/mol. The molecule has 9 heteroatoms. The molecule has 1 aromatic heterocycles. The second-order valence-electron chi connectivity index (χ2n) is 7.16. The van der Waals surface area contributed by atoms with Gasteiger partial charge in [-0.3, -0.25) is 14.5 Å². The number of H-pyrrole nitrogens is 1. The van der Waals surface area contributed by atoms with Crippen LogP contribution in [0.25, 0.3) is 22.4 Å². The first-order valence-corrected chi connectivity index (χ1v) is 9.52. The first-order valence-electron chi connectivity index (χ1n) is 9.52. The number of imide groups is 1. The Balaban J connectivity index is 1.36. The van der Waals surface area contributed by atoms with Gasteiger partial charge in [-0.1, -0.05) is 0 Å². The number of aromatic nitrogens is 2. The molecule has 0 unspecified atom stereocenters. The standard InChI is InChI=1S/C21H20FN5O3/c1-26-12-19(29)27(21(26)30)10-2-3-18(28)23-15-8-9-16-17(11-15)25-20(24-16)13-4-6-14(22)7-5-13/h4-9,11H,2-3,10,12H2,1H3,(H,23,28)(H,24,25). The van der Waals surface area contributed by atoms with Crippen molar-refractivity contribution in [2.75, 3.05) is 25.5 Å². The van der Waals surface area contributed by atoms with Gasteiger partial charge in [0.05, 0.1) is 11.0 Å². The topological polar surface area (TPSA) is 98.4 Å². The Bertz CT molecular complexity index is 1130. The summed E-state index contributed by atoms with van der Waals surface area (Å²) in [5.74, 6) is -0.159. The van der Waals surface area contributed by atoms with Crippen LogP contribution in [0.15, 0.2) is 42.5 Å². The lowest BCUT2D eigenvalue weighted by atomic mass is 10.2. The Morgan fingerprint density at radius 1 is 1.20 bits per heavy atom. The molecule has 0 atom stereocenters. The number of nitrogens with zero attached hydrogens (tertiary/aromatic N) is 3. The van der Waals surface area contributed by atoms with Gasteiger partial charge in [-0.15, -0.1) is 0 Å². The van der Waals surface area contributed by atoms with E-state index in [1.54, 1.807) is 37.4 Å². The molecule has 8 nitrogen and oxygen atoms in total. The number of carbonyl (C=O) groups excluding carboxylic acids is 3. The lowest BCUT2D eigenvalue weighted by molar-refractivity contribution is -0.125. The fourth-order valence-corrected chi connectivity index (χ4v) is 3.34. The molecule has 30 heavy (non-hydrogen) atoms. The fraction of sp³-hybridized carbons (Fsp3) is 0.238. The van der Waals surface area contributed by atoms with Crippen molar-refractivity contribution in [3.8, 4) is 11.4 Å². The van der Waals surface area contributed by atoms with Gasteiger partial charge in [0, 0.05) is 31.3 Å². The highest BCUT2D eigenvalue weighted by molar-refractivity contribution is 6.01. The van der Waals surface area contributed by atoms with Gasteiger partial charge in [0.2, 0.25) is 11.8 Å². The van der Waals surface area contributed by atoms with E-state index in [-0.39, 0.29) is 43.2 Å². The molecule has 4 amide bonds. The van der Waals surface area contributed by atoms with Crippen molar-refractivity contribution in [1.29, 1.82) is 0 Å².